The molecule has 0 radical (unpaired) electrons. The van der Waals surface area contributed by atoms with Gasteiger partial charge < -0.3 is 19.2 Å². The molecule has 11 heteroatoms. The molecule has 1 heterocycles. The molecule has 1 fully saturated rings. The topological polar surface area (TPSA) is 142 Å². The number of amides is 1. The molecule has 1 amide bonds. The van der Waals surface area contributed by atoms with Crippen molar-refractivity contribution in [2.24, 2.45) is 5.92 Å². The molecule has 1 unspecified atom stereocenters. The van der Waals surface area contributed by atoms with Gasteiger partial charge in [-0.15, -0.1) is 0 Å². The third-order valence-electron chi connectivity index (χ3n) is 4.10. The number of hydrogen-bond donors (Lipinski definition) is 1. The van der Waals surface area contributed by atoms with Crippen molar-refractivity contribution in [3.05, 3.63) is 29.8 Å². The normalized spacial score (nSPS) is 14.9. The second kappa shape index (κ2) is 21.7. The molecule has 0 aliphatic carbocycles. The Kier molecular flexibility index (Phi) is 24.8. The summed E-state index contributed by atoms with van der Waals surface area (Å²) in [6.45, 7) is 5.68. The minimum absolute atomic E-state index is 0. The Morgan fingerprint density at radius 3 is 2.19 bits per heavy atom. The number of carbonyl (C=O) groups is 1. The maximum atomic E-state index is 11.5. The predicted octanol–water partition coefficient (Wildman–Crippen LogP) is -2.89. The summed E-state index contributed by atoms with van der Waals surface area (Å²) in [5.74, 6) is 1.43. The zero-order valence-electron chi connectivity index (χ0n) is 19.1. The number of hydrogen-bond acceptors (Lipinski definition) is 7. The van der Waals surface area contributed by atoms with Crippen molar-refractivity contribution in [3.63, 3.8) is 0 Å². The molecular formula is C20H30N2Na2O6S. The molecule has 1 atom stereocenters. The predicted molar refractivity (Wildman–Crippen MR) is 107 cm³/mol. The Morgan fingerprint density at radius 1 is 1.13 bits per heavy atom. The molecule has 0 saturated carbocycles. The van der Waals surface area contributed by atoms with Crippen LogP contribution >= 0.6 is 0 Å². The quantitative estimate of drug-likeness (QED) is 0.203. The molecule has 2 rings (SSSR count). The summed E-state index contributed by atoms with van der Waals surface area (Å²) in [5.41, 5.74) is 0.661. The fraction of sp³-hybridized carbons (Fsp3) is 0.600. The van der Waals surface area contributed by atoms with Gasteiger partial charge in [-0.05, 0) is 50.5 Å². The first-order valence-electron chi connectivity index (χ1n) is 9.78. The Labute approximate surface area is 230 Å². The average Bonchev–Trinajstić information content (AvgIpc) is 2.86. The zero-order valence-corrected chi connectivity index (χ0v) is 23.9. The van der Waals surface area contributed by atoms with Crippen LogP contribution in [-0.2, 0) is 15.2 Å². The van der Waals surface area contributed by atoms with Gasteiger partial charge in [0.2, 0.25) is 5.91 Å². The Bertz CT molecular complexity index is 716. The second-order valence-corrected chi connectivity index (χ2v) is 7.27. The average molecular weight is 473 g/mol. The van der Waals surface area contributed by atoms with E-state index in [0.29, 0.717) is 24.0 Å². The molecule has 1 aliphatic heterocycles. The van der Waals surface area contributed by atoms with E-state index in [2.05, 4.69) is 12.2 Å². The summed E-state index contributed by atoms with van der Waals surface area (Å²) in [7, 11) is -5.17. The number of benzene rings is 1. The van der Waals surface area contributed by atoms with E-state index in [1.54, 1.807) is 24.3 Å². The van der Waals surface area contributed by atoms with Crippen LogP contribution in [0.4, 0.5) is 0 Å². The Hall–Kier alpha value is -0.150. The van der Waals surface area contributed by atoms with Crippen LogP contribution in [0.1, 0.15) is 64.4 Å². The van der Waals surface area contributed by atoms with E-state index in [0.717, 1.165) is 31.6 Å². The van der Waals surface area contributed by atoms with E-state index in [1.807, 2.05) is 13.0 Å². The van der Waals surface area contributed by atoms with Crippen molar-refractivity contribution in [1.82, 2.24) is 5.32 Å². The molecule has 164 valence electrons. The van der Waals surface area contributed by atoms with Gasteiger partial charge in [0.1, 0.15) is 5.75 Å². The Morgan fingerprint density at radius 2 is 1.71 bits per heavy atom. The number of nitrogens with zero attached hydrogens (tertiary/aromatic N) is 1. The molecule has 1 N–H and O–H groups in total. The van der Waals surface area contributed by atoms with Gasteiger partial charge in [0.25, 0.3) is 0 Å². The van der Waals surface area contributed by atoms with E-state index < -0.39 is 10.4 Å². The van der Waals surface area contributed by atoms with E-state index in [9.17, 15) is 4.79 Å². The maximum Gasteiger partial charge on any atom is 1.00 e. The number of nitriles is 1. The summed E-state index contributed by atoms with van der Waals surface area (Å²) in [5, 5.41) is 11.5. The monoisotopic (exact) mass is 472 g/mol. The summed E-state index contributed by atoms with van der Waals surface area (Å²) >= 11 is 0. The first-order chi connectivity index (χ1) is 13.7. The van der Waals surface area contributed by atoms with Gasteiger partial charge >= 0.3 is 59.1 Å². The summed E-state index contributed by atoms with van der Waals surface area (Å²) < 4.78 is 39.3. The summed E-state index contributed by atoms with van der Waals surface area (Å²) in [4.78, 5) is 11.5. The third-order valence-corrected chi connectivity index (χ3v) is 4.10. The summed E-state index contributed by atoms with van der Waals surface area (Å²) in [6, 6.07) is 9.11. The van der Waals surface area contributed by atoms with E-state index in [-0.39, 0.29) is 59.1 Å². The van der Waals surface area contributed by atoms with Crippen molar-refractivity contribution in [2.75, 3.05) is 13.2 Å². The molecule has 0 aromatic heterocycles. The van der Waals surface area contributed by atoms with E-state index in [1.165, 1.54) is 25.7 Å². The Balaban J connectivity index is -0.000000399. The van der Waals surface area contributed by atoms with Gasteiger partial charge in [-0.25, -0.2) is 0 Å². The van der Waals surface area contributed by atoms with E-state index >= 15 is 0 Å². The zero-order chi connectivity index (χ0) is 22.1. The van der Waals surface area contributed by atoms with Crippen LogP contribution in [0.3, 0.4) is 0 Å². The number of unbranched alkanes of at least 4 members (excludes halogenated alkanes) is 2. The minimum atomic E-state index is -5.17. The number of carbonyl (C=O) groups excluding carboxylic acids is 1. The van der Waals surface area contributed by atoms with Gasteiger partial charge in [-0.1, -0.05) is 32.6 Å². The van der Waals surface area contributed by atoms with Crippen LogP contribution in [0.2, 0.25) is 0 Å². The van der Waals surface area contributed by atoms with Crippen LogP contribution < -0.4 is 69.2 Å². The first kappa shape index (κ1) is 35.4. The largest absolute Gasteiger partial charge is 1.00 e. The smallest absolute Gasteiger partial charge is 0.759 e. The molecule has 1 aliphatic rings. The molecule has 1 aromatic carbocycles. The number of ether oxygens (including phenoxy) is 1. The van der Waals surface area contributed by atoms with Crippen molar-refractivity contribution in [1.29, 1.82) is 5.26 Å². The molecule has 1 aromatic rings. The molecular weight excluding hydrogens is 442 g/mol. The first-order valence-corrected chi connectivity index (χ1v) is 11.1. The van der Waals surface area contributed by atoms with Crippen LogP contribution in [-0.4, -0.2) is 36.6 Å². The van der Waals surface area contributed by atoms with Crippen LogP contribution in [0.5, 0.6) is 5.75 Å². The fourth-order valence-electron chi connectivity index (χ4n) is 2.71. The van der Waals surface area contributed by atoms with Crippen LogP contribution in [0.15, 0.2) is 24.3 Å². The maximum absolute atomic E-state index is 11.5. The molecule has 1 saturated heterocycles. The number of rotatable bonds is 6. The van der Waals surface area contributed by atoms with Crippen molar-refractivity contribution < 1.29 is 86.2 Å². The second-order valence-electron chi connectivity index (χ2n) is 6.46. The molecule has 8 nitrogen and oxygen atoms in total. The van der Waals surface area contributed by atoms with E-state index in [4.69, 9.17) is 27.5 Å². The van der Waals surface area contributed by atoms with Crippen LogP contribution in [0, 0.1) is 17.2 Å². The number of nitrogens with one attached hydrogen (secondary N) is 1. The summed E-state index contributed by atoms with van der Waals surface area (Å²) in [6.07, 6.45) is 8.31. The standard InChI is InChI=1S/C11H21NO.C9H9NO.2Na.H2O4S/c1-2-3-4-7-10-8-5-6-9-12-11(10)13;1-2-11-9-5-3-8(7-10)4-6-9;;;1-5(2,3)4/h10H,2-9H2,1H3,(H,12,13);3-6H,2H2,1H3;;;(H2,1,2,3,4)/q;;2*+1;/p-2. The molecule has 31 heavy (non-hydrogen) atoms. The van der Waals surface area contributed by atoms with Gasteiger partial charge in [-0.3, -0.25) is 13.2 Å². The SMILES string of the molecule is CCCCCC1CCCCNC1=O.CCOc1ccc(C#N)cc1.O=S(=O)([O-])[O-].[Na+].[Na+]. The van der Waals surface area contributed by atoms with Gasteiger partial charge in [0.05, 0.1) is 18.2 Å². The molecule has 0 bridgehead atoms. The molecule has 0 spiro atoms. The van der Waals surface area contributed by atoms with Crippen molar-refractivity contribution in [3.8, 4) is 11.8 Å². The van der Waals surface area contributed by atoms with Crippen molar-refractivity contribution in [2.45, 2.75) is 58.8 Å². The van der Waals surface area contributed by atoms with Crippen molar-refractivity contribution >= 4 is 16.3 Å². The van der Waals surface area contributed by atoms with Gasteiger partial charge in [0.15, 0.2) is 0 Å². The van der Waals surface area contributed by atoms with Gasteiger partial charge in [-0.2, -0.15) is 5.26 Å². The fourth-order valence-corrected chi connectivity index (χ4v) is 2.71. The minimum Gasteiger partial charge on any atom is -0.759 e. The van der Waals surface area contributed by atoms with Crippen LogP contribution in [0.25, 0.3) is 0 Å². The van der Waals surface area contributed by atoms with Gasteiger partial charge in [0, 0.05) is 22.9 Å². The third kappa shape index (κ3) is 22.8.